The monoisotopic (exact) mass is 222 g/mol. The van der Waals surface area contributed by atoms with E-state index in [2.05, 4.69) is 24.3 Å². The van der Waals surface area contributed by atoms with Gasteiger partial charge in [-0.05, 0) is 46.0 Å². The minimum atomic E-state index is -0.140. The van der Waals surface area contributed by atoms with Gasteiger partial charge in [0, 0.05) is 5.41 Å². The highest BCUT2D eigenvalue weighted by atomic mass is 16.1. The van der Waals surface area contributed by atoms with Crippen LogP contribution in [0.4, 0.5) is 0 Å². The molecule has 0 amide bonds. The maximum Gasteiger partial charge on any atom is 0.135 e. The minimum absolute atomic E-state index is 0.140. The molecule has 0 aliphatic rings. The lowest BCUT2D eigenvalue weighted by Gasteiger charge is -2.20. The molecule has 0 atom stereocenters. The lowest BCUT2D eigenvalue weighted by molar-refractivity contribution is -0.125. The van der Waals surface area contributed by atoms with Gasteiger partial charge < -0.3 is 0 Å². The van der Waals surface area contributed by atoms with Crippen LogP contribution in [0.3, 0.4) is 0 Å². The predicted molar refractivity (Wildman–Crippen MR) is 71.5 cm³/mol. The zero-order valence-corrected chi connectivity index (χ0v) is 11.3. The quantitative estimate of drug-likeness (QED) is 0.430. The topological polar surface area (TPSA) is 17.1 Å². The van der Waals surface area contributed by atoms with Gasteiger partial charge >= 0.3 is 0 Å². The summed E-state index contributed by atoms with van der Waals surface area (Å²) in [5.74, 6) is 0.296. The minimum Gasteiger partial charge on any atom is -0.299 e. The third kappa shape index (κ3) is 7.44. The summed E-state index contributed by atoms with van der Waals surface area (Å²) in [7, 11) is 0. The van der Waals surface area contributed by atoms with Crippen molar-refractivity contribution < 1.29 is 4.79 Å². The molecule has 0 aromatic heterocycles. The fourth-order valence-electron chi connectivity index (χ4n) is 1.43. The molecular weight excluding hydrogens is 196 g/mol. The SMILES string of the molecule is CC=CCCC=CCCCC(C)(C)C(C)=O. The molecule has 0 unspecified atom stereocenters. The standard InChI is InChI=1S/C15H26O/c1-5-6-7-8-9-10-11-12-13-15(3,4)14(2)16/h5-6,9-10H,7-8,11-13H2,1-4H3. The zero-order valence-electron chi connectivity index (χ0n) is 11.3. The summed E-state index contributed by atoms with van der Waals surface area (Å²) in [6, 6.07) is 0. The molecule has 0 spiro atoms. The van der Waals surface area contributed by atoms with Gasteiger partial charge in [0.05, 0.1) is 0 Å². The number of allylic oxidation sites excluding steroid dienone is 4. The second-order valence-electron chi connectivity index (χ2n) is 4.95. The molecule has 92 valence electrons. The molecular formula is C15H26O. The molecule has 16 heavy (non-hydrogen) atoms. The summed E-state index contributed by atoms with van der Waals surface area (Å²) in [6.45, 7) is 7.80. The number of ketones is 1. The molecule has 0 aromatic carbocycles. The van der Waals surface area contributed by atoms with E-state index >= 15 is 0 Å². The highest BCUT2D eigenvalue weighted by Crippen LogP contribution is 2.24. The van der Waals surface area contributed by atoms with Gasteiger partial charge in [-0.3, -0.25) is 4.79 Å². The number of hydrogen-bond donors (Lipinski definition) is 0. The molecule has 0 saturated carbocycles. The Bertz CT molecular complexity index is 246. The van der Waals surface area contributed by atoms with Crippen molar-refractivity contribution in [1.29, 1.82) is 0 Å². The van der Waals surface area contributed by atoms with E-state index in [1.54, 1.807) is 6.92 Å². The molecule has 0 bridgehead atoms. The third-order valence-corrected chi connectivity index (χ3v) is 3.03. The van der Waals surface area contributed by atoms with Gasteiger partial charge in [0.1, 0.15) is 5.78 Å². The Morgan fingerprint density at radius 3 is 2.19 bits per heavy atom. The first kappa shape index (κ1) is 15.2. The van der Waals surface area contributed by atoms with Gasteiger partial charge in [-0.25, -0.2) is 0 Å². The largest absolute Gasteiger partial charge is 0.299 e. The molecule has 0 saturated heterocycles. The first-order chi connectivity index (χ1) is 7.50. The van der Waals surface area contributed by atoms with Crippen molar-refractivity contribution in [2.75, 3.05) is 0 Å². The lowest BCUT2D eigenvalue weighted by atomic mass is 9.83. The molecule has 1 heteroatoms. The molecule has 0 rings (SSSR count). The van der Waals surface area contributed by atoms with Crippen LogP contribution in [0.25, 0.3) is 0 Å². The molecule has 0 heterocycles. The Balaban J connectivity index is 3.56. The highest BCUT2D eigenvalue weighted by Gasteiger charge is 2.22. The summed E-state index contributed by atoms with van der Waals surface area (Å²) in [4.78, 5) is 11.3. The van der Waals surface area contributed by atoms with Gasteiger partial charge in [0.25, 0.3) is 0 Å². The summed E-state index contributed by atoms with van der Waals surface area (Å²) < 4.78 is 0. The second-order valence-corrected chi connectivity index (χ2v) is 4.95. The molecule has 0 fully saturated rings. The lowest BCUT2D eigenvalue weighted by Crippen LogP contribution is -2.20. The predicted octanol–water partition coefficient (Wildman–Crippen LogP) is 4.68. The number of carbonyl (C=O) groups is 1. The number of unbranched alkanes of at least 4 members (excludes halogenated alkanes) is 2. The molecule has 1 nitrogen and oxygen atoms in total. The summed E-state index contributed by atoms with van der Waals surface area (Å²) in [6.07, 6.45) is 14.2. The first-order valence-corrected chi connectivity index (χ1v) is 6.28. The fraction of sp³-hybridized carbons (Fsp3) is 0.667. The van der Waals surface area contributed by atoms with Crippen molar-refractivity contribution in [3.05, 3.63) is 24.3 Å². The van der Waals surface area contributed by atoms with Gasteiger partial charge in [-0.1, -0.05) is 38.2 Å². The van der Waals surface area contributed by atoms with E-state index in [1.807, 2.05) is 20.8 Å². The van der Waals surface area contributed by atoms with E-state index in [0.717, 1.165) is 32.1 Å². The van der Waals surface area contributed by atoms with Crippen molar-refractivity contribution >= 4 is 5.78 Å². The van der Waals surface area contributed by atoms with Crippen LogP contribution in [0.15, 0.2) is 24.3 Å². The zero-order chi connectivity index (χ0) is 12.4. The van der Waals surface area contributed by atoms with Crippen molar-refractivity contribution in [2.24, 2.45) is 5.41 Å². The summed E-state index contributed by atoms with van der Waals surface area (Å²) in [5.41, 5.74) is -0.140. The number of rotatable bonds is 8. The Labute approximate surface area is 101 Å². The van der Waals surface area contributed by atoms with E-state index in [1.165, 1.54) is 0 Å². The number of Topliss-reactive ketones (excluding diaryl/α,β-unsaturated/α-hetero) is 1. The Kier molecular flexibility index (Phi) is 7.88. The average Bonchev–Trinajstić information content (AvgIpc) is 2.21. The number of carbonyl (C=O) groups excluding carboxylic acids is 1. The van der Waals surface area contributed by atoms with Gasteiger partial charge in [0.2, 0.25) is 0 Å². The maximum absolute atomic E-state index is 11.3. The third-order valence-electron chi connectivity index (χ3n) is 3.03. The van der Waals surface area contributed by atoms with E-state index in [9.17, 15) is 4.79 Å². The number of hydrogen-bond acceptors (Lipinski definition) is 1. The van der Waals surface area contributed by atoms with Crippen LogP contribution in [0.5, 0.6) is 0 Å². The molecule has 0 aliphatic carbocycles. The second kappa shape index (κ2) is 8.32. The van der Waals surface area contributed by atoms with Crippen molar-refractivity contribution in [3.8, 4) is 0 Å². The van der Waals surface area contributed by atoms with E-state index in [4.69, 9.17) is 0 Å². The molecule has 0 aliphatic heterocycles. The summed E-state index contributed by atoms with van der Waals surface area (Å²) in [5, 5.41) is 0. The van der Waals surface area contributed by atoms with E-state index in [0.29, 0.717) is 5.78 Å². The normalized spacial score (nSPS) is 12.8. The van der Waals surface area contributed by atoms with Crippen LogP contribution in [-0.4, -0.2) is 5.78 Å². The van der Waals surface area contributed by atoms with Crippen LogP contribution in [0.1, 0.15) is 59.8 Å². The van der Waals surface area contributed by atoms with Crippen LogP contribution in [0, 0.1) is 5.41 Å². The molecule has 0 N–H and O–H groups in total. The average molecular weight is 222 g/mol. The van der Waals surface area contributed by atoms with Gasteiger partial charge in [-0.15, -0.1) is 0 Å². The smallest absolute Gasteiger partial charge is 0.135 e. The Morgan fingerprint density at radius 2 is 1.62 bits per heavy atom. The van der Waals surface area contributed by atoms with Gasteiger partial charge in [-0.2, -0.15) is 0 Å². The van der Waals surface area contributed by atoms with Gasteiger partial charge in [0.15, 0.2) is 0 Å². The van der Waals surface area contributed by atoms with Crippen LogP contribution in [-0.2, 0) is 4.79 Å². The highest BCUT2D eigenvalue weighted by molar-refractivity contribution is 5.81. The van der Waals surface area contributed by atoms with Crippen molar-refractivity contribution in [1.82, 2.24) is 0 Å². The first-order valence-electron chi connectivity index (χ1n) is 6.28. The van der Waals surface area contributed by atoms with E-state index in [-0.39, 0.29) is 5.41 Å². The van der Waals surface area contributed by atoms with E-state index < -0.39 is 0 Å². The van der Waals surface area contributed by atoms with Crippen molar-refractivity contribution in [3.63, 3.8) is 0 Å². The molecule has 0 radical (unpaired) electrons. The maximum atomic E-state index is 11.3. The Morgan fingerprint density at radius 1 is 1.06 bits per heavy atom. The summed E-state index contributed by atoms with van der Waals surface area (Å²) >= 11 is 0. The fourth-order valence-corrected chi connectivity index (χ4v) is 1.43. The van der Waals surface area contributed by atoms with Crippen LogP contribution >= 0.6 is 0 Å². The van der Waals surface area contributed by atoms with Crippen LogP contribution < -0.4 is 0 Å². The van der Waals surface area contributed by atoms with Crippen molar-refractivity contribution in [2.45, 2.75) is 59.8 Å². The Hall–Kier alpha value is -0.850. The molecule has 0 aromatic rings. The van der Waals surface area contributed by atoms with Crippen LogP contribution in [0.2, 0.25) is 0 Å².